The molecule has 0 spiro atoms. The van der Waals surface area contributed by atoms with Crippen molar-refractivity contribution in [3.8, 4) is 12.8 Å². The van der Waals surface area contributed by atoms with Crippen LogP contribution >= 0.6 is 0 Å². The molecule has 0 heterocycles. The van der Waals surface area contributed by atoms with Crippen LogP contribution in [0.4, 0.5) is 0 Å². The topological polar surface area (TPSA) is 0 Å². The number of unbranched alkanes of at least 4 members (excludes halogenated alkanes) is 3. The Kier molecular flexibility index (Phi) is 17.3. The highest BCUT2D eigenvalue weighted by Crippen LogP contribution is 2.67. The molecule has 0 N–H and O–H groups in total. The normalized spacial score (nSPS) is 36.3. The molecule has 0 aromatic rings. The lowest BCUT2D eigenvalue weighted by Gasteiger charge is -2.58. The predicted molar refractivity (Wildman–Crippen MR) is 162 cm³/mol. The second kappa shape index (κ2) is 17.7. The van der Waals surface area contributed by atoms with Crippen molar-refractivity contribution < 1.29 is 0 Å². The number of hydrogen-bond acceptors (Lipinski definition) is 0. The van der Waals surface area contributed by atoms with Gasteiger partial charge in [-0.05, 0) is 98.2 Å². The second-order valence-electron chi connectivity index (χ2n) is 11.9. The summed E-state index contributed by atoms with van der Waals surface area (Å²) in [6.07, 6.45) is 31.1. The summed E-state index contributed by atoms with van der Waals surface area (Å²) in [4.78, 5) is 0. The van der Waals surface area contributed by atoms with Gasteiger partial charge in [-0.15, -0.1) is 12.8 Å². The Morgan fingerprint density at radius 1 is 0.800 bits per heavy atom. The molecule has 0 bridgehead atoms. The van der Waals surface area contributed by atoms with Crippen molar-refractivity contribution >= 4 is 0 Å². The van der Waals surface area contributed by atoms with Crippen LogP contribution in [0.1, 0.15) is 159 Å². The van der Waals surface area contributed by atoms with Crippen molar-refractivity contribution in [2.45, 2.75) is 159 Å². The van der Waals surface area contributed by atoms with Crippen molar-refractivity contribution in [2.24, 2.45) is 40.4 Å². The average Bonchev–Trinajstić information content (AvgIpc) is 3.24. The molecule has 0 aromatic carbocycles. The van der Waals surface area contributed by atoms with Crippen LogP contribution in [-0.4, -0.2) is 0 Å². The largest absolute Gasteiger partial charge is 0.124 e. The predicted octanol–water partition coefficient (Wildman–Crippen LogP) is 11.9. The Labute approximate surface area is 223 Å². The molecule has 0 heteroatoms. The molecule has 0 amide bonds. The zero-order chi connectivity index (χ0) is 27.1. The molecular formula is C35H66. The zero-order valence-corrected chi connectivity index (χ0v) is 26.0. The van der Waals surface area contributed by atoms with Gasteiger partial charge in [0, 0.05) is 0 Å². The van der Waals surface area contributed by atoms with E-state index < -0.39 is 0 Å². The fourth-order valence-electron chi connectivity index (χ4n) is 8.07. The van der Waals surface area contributed by atoms with Crippen molar-refractivity contribution in [1.29, 1.82) is 0 Å². The maximum Gasteiger partial charge on any atom is -0.00851 e. The summed E-state index contributed by atoms with van der Waals surface area (Å²) < 4.78 is 0. The molecule has 4 aliphatic carbocycles. The van der Waals surface area contributed by atoms with E-state index in [9.17, 15) is 0 Å². The van der Waals surface area contributed by atoms with Gasteiger partial charge in [0.25, 0.3) is 0 Å². The molecule has 7 unspecified atom stereocenters. The van der Waals surface area contributed by atoms with Crippen LogP contribution < -0.4 is 0 Å². The first-order chi connectivity index (χ1) is 16.9. The van der Waals surface area contributed by atoms with Crippen LogP contribution in [0.3, 0.4) is 0 Å². The van der Waals surface area contributed by atoms with Gasteiger partial charge in [0.2, 0.25) is 0 Å². The molecule has 7 atom stereocenters. The Bertz CT molecular complexity index is 580. The fourth-order valence-corrected chi connectivity index (χ4v) is 8.07. The SMILES string of the molecule is C#C.CC.CC.CCCC.CCCCCC1CCC2C3CC=C4CC(C)CCC4(C)C3CCC12C. The maximum absolute atomic E-state index is 4.00. The lowest BCUT2D eigenvalue weighted by molar-refractivity contribution is -0.0450. The van der Waals surface area contributed by atoms with Gasteiger partial charge in [-0.25, -0.2) is 0 Å². The Hall–Kier alpha value is -0.700. The Morgan fingerprint density at radius 3 is 2.00 bits per heavy atom. The minimum atomic E-state index is 0.567. The van der Waals surface area contributed by atoms with Gasteiger partial charge in [0.15, 0.2) is 0 Å². The third kappa shape index (κ3) is 8.14. The molecule has 0 aliphatic heterocycles. The van der Waals surface area contributed by atoms with E-state index in [-0.39, 0.29) is 0 Å². The van der Waals surface area contributed by atoms with E-state index in [1.165, 1.54) is 77.0 Å². The van der Waals surface area contributed by atoms with Gasteiger partial charge >= 0.3 is 0 Å². The smallest absolute Gasteiger partial charge is 0.00851 e. The Morgan fingerprint density at radius 2 is 1.43 bits per heavy atom. The third-order valence-electron chi connectivity index (χ3n) is 10.2. The molecule has 0 saturated heterocycles. The van der Waals surface area contributed by atoms with Gasteiger partial charge < -0.3 is 0 Å². The first-order valence-corrected chi connectivity index (χ1v) is 15.9. The molecule has 0 aromatic heterocycles. The maximum atomic E-state index is 4.00. The van der Waals surface area contributed by atoms with E-state index in [4.69, 9.17) is 0 Å². The number of terminal acetylenes is 1. The number of rotatable bonds is 5. The second-order valence-corrected chi connectivity index (χ2v) is 11.9. The highest BCUT2D eigenvalue weighted by molar-refractivity contribution is 5.24. The van der Waals surface area contributed by atoms with Crippen LogP contribution in [-0.2, 0) is 0 Å². The summed E-state index contributed by atoms with van der Waals surface area (Å²) >= 11 is 0. The van der Waals surface area contributed by atoms with Gasteiger partial charge in [0.05, 0.1) is 0 Å². The summed E-state index contributed by atoms with van der Waals surface area (Å²) in [5.41, 5.74) is 3.11. The molecule has 3 fully saturated rings. The summed E-state index contributed by atoms with van der Waals surface area (Å²) in [6.45, 7) is 22.6. The van der Waals surface area contributed by atoms with E-state index in [0.717, 1.165) is 29.6 Å². The van der Waals surface area contributed by atoms with Crippen LogP contribution in [0.15, 0.2) is 11.6 Å². The highest BCUT2D eigenvalue weighted by atomic mass is 14.6. The number of allylic oxidation sites excluding steroid dienone is 2. The third-order valence-corrected chi connectivity index (χ3v) is 10.2. The van der Waals surface area contributed by atoms with Gasteiger partial charge in [-0.2, -0.15) is 0 Å². The van der Waals surface area contributed by atoms with Crippen LogP contribution in [0.25, 0.3) is 0 Å². The molecule has 0 radical (unpaired) electrons. The fraction of sp³-hybridized carbons (Fsp3) is 0.886. The quantitative estimate of drug-likeness (QED) is 0.206. The lowest BCUT2D eigenvalue weighted by Crippen LogP contribution is -2.49. The standard InChI is InChI=1S/C25H42.C4H10.2C2H6.C2H2/c1-5-6-7-8-19-10-12-22-21-11-9-20-17-18(2)13-15-25(20,4)23(21)14-16-24(19,22)3;1-3-4-2;3*1-2/h9,18-19,21-23H,5-8,10-17H2,1-4H3;3-4H2,1-2H3;2*1-2H3;1-2H. The van der Waals surface area contributed by atoms with Gasteiger partial charge in [0.1, 0.15) is 0 Å². The lowest BCUT2D eigenvalue weighted by atomic mass is 9.47. The van der Waals surface area contributed by atoms with E-state index in [0.29, 0.717) is 10.8 Å². The van der Waals surface area contributed by atoms with Crippen molar-refractivity contribution in [3.63, 3.8) is 0 Å². The highest BCUT2D eigenvalue weighted by Gasteiger charge is 2.58. The van der Waals surface area contributed by atoms with E-state index in [2.05, 4.69) is 60.5 Å². The van der Waals surface area contributed by atoms with E-state index in [1.54, 1.807) is 12.8 Å². The Balaban J connectivity index is 0.00000102. The summed E-state index contributed by atoms with van der Waals surface area (Å²) in [7, 11) is 0. The van der Waals surface area contributed by atoms with Crippen molar-refractivity contribution in [2.75, 3.05) is 0 Å². The van der Waals surface area contributed by atoms with Crippen LogP contribution in [0.2, 0.25) is 0 Å². The molecule has 4 aliphatic rings. The minimum absolute atomic E-state index is 0.567. The van der Waals surface area contributed by atoms with E-state index in [1.807, 2.05) is 33.3 Å². The first-order valence-electron chi connectivity index (χ1n) is 15.9. The average molecular weight is 487 g/mol. The van der Waals surface area contributed by atoms with Crippen LogP contribution in [0, 0.1) is 53.3 Å². The molecular weight excluding hydrogens is 420 g/mol. The van der Waals surface area contributed by atoms with Crippen LogP contribution in [0.5, 0.6) is 0 Å². The summed E-state index contributed by atoms with van der Waals surface area (Å²) in [5.74, 6) is 5.02. The van der Waals surface area contributed by atoms with Gasteiger partial charge in [-0.1, -0.05) is 113 Å². The number of fused-ring (bicyclic) bond motifs is 5. The van der Waals surface area contributed by atoms with Gasteiger partial charge in [-0.3, -0.25) is 0 Å². The van der Waals surface area contributed by atoms with Crippen molar-refractivity contribution in [1.82, 2.24) is 0 Å². The first kappa shape index (κ1) is 34.3. The molecule has 35 heavy (non-hydrogen) atoms. The van der Waals surface area contributed by atoms with Crippen molar-refractivity contribution in [3.05, 3.63) is 11.6 Å². The number of hydrogen-bond donors (Lipinski definition) is 0. The molecule has 0 nitrogen and oxygen atoms in total. The monoisotopic (exact) mass is 487 g/mol. The molecule has 4 rings (SSSR count). The molecule has 206 valence electrons. The minimum Gasteiger partial charge on any atom is -0.124 e. The summed E-state index contributed by atoms with van der Waals surface area (Å²) in [6, 6.07) is 0. The summed E-state index contributed by atoms with van der Waals surface area (Å²) in [5, 5.41) is 0. The zero-order valence-electron chi connectivity index (χ0n) is 26.0. The molecule has 3 saturated carbocycles. The van der Waals surface area contributed by atoms with E-state index >= 15 is 0 Å².